The van der Waals surface area contributed by atoms with Crippen LogP contribution in [-0.2, 0) is 24.3 Å². The number of ether oxygens (including phenoxy) is 4. The summed E-state index contributed by atoms with van der Waals surface area (Å²) in [5, 5.41) is 19.6. The molecule has 1 saturated heterocycles. The molecule has 2 heterocycles. The largest absolute Gasteiger partial charge is 0.472 e. The van der Waals surface area contributed by atoms with Gasteiger partial charge in [-0.15, -0.1) is 4.37 Å². The number of β-amino-alcohol motifs (C(OH)–C–C–N with tert-alkyl or cyclic N) is 1. The number of nitrogens with zero attached hydrogens (tertiary/aromatic N) is 4. The molecular formula is C33H46N6O9S2. The molecule has 1 aromatic heterocycles. The SMILES string of the molecule is CCCCNc1cc(C(=O)OCC(=O)CN(C[C@H](O)COc2nsnc2N2CCOCC2)C(C)(C)C)cc(S(N)(=O)=O)c1Oc1ccccc1. The second kappa shape index (κ2) is 17.9. The molecule has 50 heavy (non-hydrogen) atoms. The molecule has 0 saturated carbocycles. The number of aliphatic hydroxyl groups is 1. The average molecular weight is 735 g/mol. The number of nitrogens with two attached hydrogens (primary N) is 1. The van der Waals surface area contributed by atoms with Crippen LogP contribution in [0.5, 0.6) is 17.4 Å². The Labute approximate surface area is 297 Å². The first-order valence-corrected chi connectivity index (χ1v) is 18.6. The highest BCUT2D eigenvalue weighted by Gasteiger charge is 2.29. The monoisotopic (exact) mass is 734 g/mol. The molecule has 15 nitrogen and oxygen atoms in total. The summed E-state index contributed by atoms with van der Waals surface area (Å²) >= 11 is 1.02. The minimum Gasteiger partial charge on any atom is -0.472 e. The van der Waals surface area contributed by atoms with E-state index in [1.807, 2.05) is 32.6 Å². The van der Waals surface area contributed by atoms with Gasteiger partial charge < -0.3 is 34.3 Å². The zero-order valence-electron chi connectivity index (χ0n) is 28.8. The van der Waals surface area contributed by atoms with E-state index >= 15 is 0 Å². The number of aromatic nitrogens is 2. The van der Waals surface area contributed by atoms with Crippen LogP contribution >= 0.6 is 11.7 Å². The maximum Gasteiger partial charge on any atom is 0.338 e. The van der Waals surface area contributed by atoms with Crippen LogP contribution in [0.25, 0.3) is 0 Å². The minimum atomic E-state index is -4.36. The van der Waals surface area contributed by atoms with E-state index in [9.17, 15) is 23.1 Å². The molecule has 0 amide bonds. The standard InChI is InChI=1S/C33H46N6O9S2/c1-5-6-12-35-27-17-23(18-28(50(34,43)44)29(27)48-26-10-8-7-9-11-26)32(42)47-22-25(41)20-39(33(2,3)4)19-24(40)21-46-31-30(36-49-37-31)38-13-15-45-16-14-38/h7-11,17-18,24,35,40H,5-6,12-16,19-22H2,1-4H3,(H2,34,43,44)/t24-/m0/s1. The molecule has 17 heteroatoms. The highest BCUT2D eigenvalue weighted by atomic mass is 32.2. The van der Waals surface area contributed by atoms with Crippen LogP contribution in [-0.4, -0.2) is 110 Å². The van der Waals surface area contributed by atoms with Crippen molar-refractivity contribution >= 4 is 45.0 Å². The fourth-order valence-electron chi connectivity index (χ4n) is 4.96. The Morgan fingerprint density at radius 3 is 2.54 bits per heavy atom. The number of morpholine rings is 1. The number of anilines is 2. The van der Waals surface area contributed by atoms with Crippen molar-refractivity contribution < 1.29 is 42.1 Å². The number of unbranched alkanes of at least 4 members (excludes halogenated alkanes) is 1. The smallest absolute Gasteiger partial charge is 0.338 e. The van der Waals surface area contributed by atoms with Gasteiger partial charge in [0.1, 0.15) is 23.4 Å². The molecule has 0 bridgehead atoms. The summed E-state index contributed by atoms with van der Waals surface area (Å²) in [6.45, 7) is 9.90. The van der Waals surface area contributed by atoms with Gasteiger partial charge in [-0.05, 0) is 51.5 Å². The quantitative estimate of drug-likeness (QED) is 0.127. The van der Waals surface area contributed by atoms with E-state index in [1.54, 1.807) is 35.2 Å². The number of primary sulfonamides is 1. The van der Waals surface area contributed by atoms with E-state index in [4.69, 9.17) is 24.1 Å². The van der Waals surface area contributed by atoms with Crippen LogP contribution in [0.2, 0.25) is 0 Å². The average Bonchev–Trinajstić information content (AvgIpc) is 3.55. The maximum absolute atomic E-state index is 13.2. The third-order valence-electron chi connectivity index (χ3n) is 7.68. The number of ketones is 1. The van der Waals surface area contributed by atoms with Gasteiger partial charge in [0.15, 0.2) is 18.1 Å². The lowest BCUT2D eigenvalue weighted by atomic mass is 10.0. The third-order valence-corrected chi connectivity index (χ3v) is 9.10. The van der Waals surface area contributed by atoms with Crippen LogP contribution in [0.3, 0.4) is 0 Å². The van der Waals surface area contributed by atoms with Gasteiger partial charge in [0.25, 0.3) is 5.88 Å². The van der Waals surface area contributed by atoms with E-state index in [2.05, 4.69) is 14.1 Å². The topological polar surface area (TPSA) is 196 Å². The number of benzene rings is 2. The van der Waals surface area contributed by atoms with Crippen LogP contribution in [0.1, 0.15) is 50.9 Å². The molecule has 1 aliphatic heterocycles. The highest BCUT2D eigenvalue weighted by molar-refractivity contribution is 7.89. The summed E-state index contributed by atoms with van der Waals surface area (Å²) in [5.74, 6) is -0.110. The summed E-state index contributed by atoms with van der Waals surface area (Å²) in [4.78, 5) is 29.7. The lowest BCUT2D eigenvalue weighted by molar-refractivity contribution is -0.125. The van der Waals surface area contributed by atoms with Crippen molar-refractivity contribution in [3.05, 3.63) is 48.0 Å². The Kier molecular flexibility index (Phi) is 13.9. The predicted octanol–water partition coefficient (Wildman–Crippen LogP) is 3.29. The van der Waals surface area contributed by atoms with Gasteiger partial charge in [0, 0.05) is 31.7 Å². The molecule has 1 fully saturated rings. The zero-order valence-corrected chi connectivity index (χ0v) is 30.4. The van der Waals surface area contributed by atoms with Crippen LogP contribution in [0.15, 0.2) is 47.4 Å². The predicted molar refractivity (Wildman–Crippen MR) is 189 cm³/mol. The van der Waals surface area contributed by atoms with Crippen molar-refractivity contribution in [2.24, 2.45) is 5.14 Å². The van der Waals surface area contributed by atoms with Crippen molar-refractivity contribution in [2.45, 2.75) is 57.1 Å². The van der Waals surface area contributed by atoms with Gasteiger partial charge in [-0.2, -0.15) is 4.37 Å². The molecule has 1 aliphatic rings. The Morgan fingerprint density at radius 1 is 1.16 bits per heavy atom. The molecule has 2 aromatic carbocycles. The van der Waals surface area contributed by atoms with E-state index in [0.717, 1.165) is 30.6 Å². The number of sulfonamides is 1. The fraction of sp³-hybridized carbons (Fsp3) is 0.515. The Morgan fingerprint density at radius 2 is 1.88 bits per heavy atom. The van der Waals surface area contributed by atoms with Gasteiger partial charge >= 0.3 is 5.97 Å². The molecule has 3 aromatic rings. The van der Waals surface area contributed by atoms with Gasteiger partial charge in [0.2, 0.25) is 15.8 Å². The Bertz CT molecular complexity index is 1680. The number of hydrogen-bond donors (Lipinski definition) is 3. The lowest BCUT2D eigenvalue weighted by Crippen LogP contribution is -2.49. The summed E-state index contributed by atoms with van der Waals surface area (Å²) in [6.07, 6.45) is 0.653. The molecule has 4 N–H and O–H groups in total. The maximum atomic E-state index is 13.2. The molecule has 0 unspecified atom stereocenters. The van der Waals surface area contributed by atoms with E-state index < -0.39 is 44.9 Å². The van der Waals surface area contributed by atoms with Gasteiger partial charge in [-0.1, -0.05) is 31.5 Å². The Hall–Kier alpha value is -3.87. The minimum absolute atomic E-state index is 0.0610. The number of carbonyl (C=O) groups is 2. The fourth-order valence-corrected chi connectivity index (χ4v) is 6.18. The number of esters is 1. The van der Waals surface area contributed by atoms with Crippen molar-refractivity contribution in [3.63, 3.8) is 0 Å². The summed E-state index contributed by atoms with van der Waals surface area (Å²) in [5.41, 5.74) is -0.443. The van der Waals surface area contributed by atoms with Crippen LogP contribution in [0, 0.1) is 0 Å². The van der Waals surface area contributed by atoms with Gasteiger partial charge in [-0.3, -0.25) is 9.69 Å². The summed E-state index contributed by atoms with van der Waals surface area (Å²) in [6, 6.07) is 11.1. The molecule has 274 valence electrons. The molecule has 1 atom stereocenters. The summed E-state index contributed by atoms with van der Waals surface area (Å²) in [7, 11) is -4.36. The van der Waals surface area contributed by atoms with Crippen LogP contribution in [0.4, 0.5) is 11.5 Å². The van der Waals surface area contributed by atoms with Crippen molar-refractivity contribution in [2.75, 3.05) is 69.4 Å². The summed E-state index contributed by atoms with van der Waals surface area (Å²) < 4.78 is 56.4. The van der Waals surface area contributed by atoms with Crippen molar-refractivity contribution in [3.8, 4) is 17.4 Å². The number of Topliss-reactive ketones (excluding diaryl/α,β-unsaturated/α-hetero) is 1. The molecule has 0 spiro atoms. The number of carbonyl (C=O) groups excluding carboxylic acids is 2. The lowest BCUT2D eigenvalue weighted by Gasteiger charge is -2.36. The van der Waals surface area contributed by atoms with E-state index in [0.29, 0.717) is 50.3 Å². The van der Waals surface area contributed by atoms with E-state index in [1.165, 1.54) is 6.07 Å². The highest BCUT2D eigenvalue weighted by Crippen LogP contribution is 2.37. The Balaban J connectivity index is 1.41. The molecule has 4 rings (SSSR count). The van der Waals surface area contributed by atoms with Crippen LogP contribution < -0.4 is 24.8 Å². The normalized spacial score (nSPS) is 14.3. The molecular weight excluding hydrogens is 689 g/mol. The first-order chi connectivity index (χ1) is 23.8. The number of hydrogen-bond acceptors (Lipinski definition) is 15. The third kappa shape index (κ3) is 11.3. The second-order valence-electron chi connectivity index (χ2n) is 12.7. The van der Waals surface area contributed by atoms with Crippen molar-refractivity contribution in [1.29, 1.82) is 0 Å². The van der Waals surface area contributed by atoms with E-state index in [-0.39, 0.29) is 36.7 Å². The number of para-hydroxylation sites is 1. The molecule has 0 radical (unpaired) electrons. The van der Waals surface area contributed by atoms with Crippen molar-refractivity contribution in [1.82, 2.24) is 13.6 Å². The zero-order chi connectivity index (χ0) is 36.3. The number of nitrogens with one attached hydrogen (secondary N) is 1. The first kappa shape index (κ1) is 38.9. The number of aliphatic hydroxyl groups excluding tert-OH is 1. The molecule has 0 aliphatic carbocycles. The number of rotatable bonds is 18. The van der Waals surface area contributed by atoms with Gasteiger partial charge in [0.05, 0.1) is 42.7 Å². The van der Waals surface area contributed by atoms with Gasteiger partial charge in [-0.25, -0.2) is 18.4 Å². The second-order valence-corrected chi connectivity index (χ2v) is 14.8. The first-order valence-electron chi connectivity index (χ1n) is 16.3.